The highest BCUT2D eigenvalue weighted by molar-refractivity contribution is 5.77. The first-order valence-electron chi connectivity index (χ1n) is 11.0. The van der Waals surface area contributed by atoms with Crippen molar-refractivity contribution in [3.63, 3.8) is 0 Å². The van der Waals surface area contributed by atoms with Gasteiger partial charge < -0.3 is 4.90 Å². The molecule has 0 spiro atoms. The summed E-state index contributed by atoms with van der Waals surface area (Å²) in [5.74, 6) is 0.404. The van der Waals surface area contributed by atoms with E-state index in [4.69, 9.17) is 4.98 Å². The summed E-state index contributed by atoms with van der Waals surface area (Å²) in [6.45, 7) is 7.89. The molecular weight excluding hydrogens is 408 g/mol. The van der Waals surface area contributed by atoms with Crippen LogP contribution < -0.4 is 0 Å². The van der Waals surface area contributed by atoms with Crippen molar-refractivity contribution in [3.05, 3.63) is 72.1 Å². The van der Waals surface area contributed by atoms with Crippen LogP contribution in [0, 0.1) is 17.6 Å². The van der Waals surface area contributed by atoms with E-state index in [1.165, 1.54) is 24.3 Å². The summed E-state index contributed by atoms with van der Waals surface area (Å²) < 4.78 is 26.7. The number of piperidine rings is 1. The molecule has 1 saturated heterocycles. The minimum absolute atomic E-state index is 0.213. The van der Waals surface area contributed by atoms with E-state index in [1.807, 2.05) is 0 Å². The number of amides is 1. The fourth-order valence-electron chi connectivity index (χ4n) is 3.53. The number of rotatable bonds is 4. The van der Waals surface area contributed by atoms with Crippen molar-refractivity contribution in [2.24, 2.45) is 5.92 Å². The molecule has 6 heteroatoms. The van der Waals surface area contributed by atoms with Crippen LogP contribution in [-0.2, 0) is 4.79 Å². The molecular formula is C26H29F2N3O. The largest absolute Gasteiger partial charge is 0.345 e. The van der Waals surface area contributed by atoms with Gasteiger partial charge in [0.1, 0.15) is 11.6 Å². The molecule has 0 aliphatic carbocycles. The van der Waals surface area contributed by atoms with Gasteiger partial charge in [-0.05, 0) is 67.3 Å². The van der Waals surface area contributed by atoms with E-state index in [0.29, 0.717) is 24.5 Å². The maximum absolute atomic E-state index is 13.4. The van der Waals surface area contributed by atoms with Crippen LogP contribution >= 0.6 is 0 Å². The van der Waals surface area contributed by atoms with Gasteiger partial charge in [0.2, 0.25) is 6.41 Å². The first-order chi connectivity index (χ1) is 15.4. The molecule has 4 nitrogen and oxygen atoms in total. The van der Waals surface area contributed by atoms with Crippen molar-refractivity contribution in [1.82, 2.24) is 14.9 Å². The van der Waals surface area contributed by atoms with Crippen molar-refractivity contribution in [2.75, 3.05) is 13.1 Å². The van der Waals surface area contributed by atoms with Crippen LogP contribution in [0.15, 0.2) is 54.7 Å². The maximum atomic E-state index is 13.4. The molecule has 0 bridgehead atoms. The molecule has 1 amide bonds. The van der Waals surface area contributed by atoms with Gasteiger partial charge in [0, 0.05) is 36.3 Å². The third kappa shape index (κ3) is 6.19. The molecule has 32 heavy (non-hydrogen) atoms. The second-order valence-electron chi connectivity index (χ2n) is 8.65. The van der Waals surface area contributed by atoms with Crippen LogP contribution in [0.5, 0.6) is 0 Å². The molecule has 0 saturated carbocycles. The van der Waals surface area contributed by atoms with E-state index in [0.717, 1.165) is 42.0 Å². The lowest BCUT2D eigenvalue weighted by molar-refractivity contribution is -0.119. The Morgan fingerprint density at radius 1 is 0.875 bits per heavy atom. The summed E-state index contributed by atoms with van der Waals surface area (Å²) in [5, 5.41) is 0. The van der Waals surface area contributed by atoms with Crippen LogP contribution in [0.1, 0.15) is 45.2 Å². The van der Waals surface area contributed by atoms with E-state index in [9.17, 15) is 13.6 Å². The zero-order chi connectivity index (χ0) is 23.1. The average Bonchev–Trinajstić information content (AvgIpc) is 2.79. The second-order valence-corrected chi connectivity index (χ2v) is 8.65. The number of carbonyl (C=O) groups excluding carboxylic acids is 1. The molecule has 2 aromatic carbocycles. The van der Waals surface area contributed by atoms with Gasteiger partial charge in [0.05, 0.1) is 17.1 Å². The van der Waals surface area contributed by atoms with Crippen LogP contribution in [0.2, 0.25) is 0 Å². The lowest BCUT2D eigenvalue weighted by Gasteiger charge is -2.29. The number of nitrogens with zero attached hydrogens (tertiary/aromatic N) is 3. The zero-order valence-electron chi connectivity index (χ0n) is 18.8. The lowest BCUT2D eigenvalue weighted by atomic mass is 9.93. The normalized spacial score (nSPS) is 14.1. The van der Waals surface area contributed by atoms with E-state index >= 15 is 0 Å². The van der Waals surface area contributed by atoms with E-state index in [2.05, 4.69) is 25.8 Å². The predicted octanol–water partition coefficient (Wildman–Crippen LogP) is 6.09. The highest BCUT2D eigenvalue weighted by Gasteiger charge is 2.23. The molecule has 0 unspecified atom stereocenters. The predicted molar refractivity (Wildman–Crippen MR) is 123 cm³/mol. The summed E-state index contributed by atoms with van der Waals surface area (Å²) >= 11 is 0. The number of benzene rings is 2. The molecule has 3 aromatic rings. The molecule has 2 heterocycles. The molecule has 1 aromatic heterocycles. The van der Waals surface area contributed by atoms with Gasteiger partial charge in [-0.3, -0.25) is 9.78 Å². The Morgan fingerprint density at radius 3 is 1.81 bits per heavy atom. The van der Waals surface area contributed by atoms with Crippen molar-refractivity contribution < 1.29 is 13.6 Å². The van der Waals surface area contributed by atoms with Crippen molar-refractivity contribution in [2.45, 2.75) is 39.5 Å². The fourth-order valence-corrected chi connectivity index (χ4v) is 3.53. The zero-order valence-corrected chi connectivity index (χ0v) is 18.8. The van der Waals surface area contributed by atoms with E-state index < -0.39 is 0 Å². The summed E-state index contributed by atoms with van der Waals surface area (Å²) in [7, 11) is 0. The number of aromatic nitrogens is 2. The van der Waals surface area contributed by atoms with Gasteiger partial charge in [-0.2, -0.15) is 0 Å². The van der Waals surface area contributed by atoms with Crippen molar-refractivity contribution in [1.29, 1.82) is 0 Å². The first-order valence-corrected chi connectivity index (χ1v) is 11.0. The number of halogens is 2. The van der Waals surface area contributed by atoms with Crippen LogP contribution in [0.3, 0.4) is 0 Å². The summed E-state index contributed by atoms with van der Waals surface area (Å²) in [6.07, 6.45) is 4.29. The Hall–Kier alpha value is -3.15. The van der Waals surface area contributed by atoms with Crippen molar-refractivity contribution in [3.8, 4) is 22.5 Å². The standard InChI is InChI=1S/C22H19F2N3O.C4H10/c23-18-5-1-16(2-6-18)21-22(17-3-7-19(24)8-4-17)26-20(13-25-21)15-9-11-27(14-28)12-10-15;1-4(2)3/h1-8,13-15H,9-12H2;4H,1-3H3. The van der Waals surface area contributed by atoms with Gasteiger partial charge in [-0.15, -0.1) is 0 Å². The van der Waals surface area contributed by atoms with Gasteiger partial charge in [0.25, 0.3) is 0 Å². The number of likely N-dealkylation sites (tertiary alicyclic amines) is 1. The molecule has 0 N–H and O–H groups in total. The van der Waals surface area contributed by atoms with Gasteiger partial charge in [-0.25, -0.2) is 13.8 Å². The SMILES string of the molecule is CC(C)C.O=CN1CCC(c2cnc(-c3ccc(F)cc3)c(-c3ccc(F)cc3)n2)CC1. The molecule has 1 fully saturated rings. The molecule has 1 aliphatic heterocycles. The molecule has 168 valence electrons. The van der Waals surface area contributed by atoms with E-state index in [-0.39, 0.29) is 17.6 Å². The van der Waals surface area contributed by atoms with E-state index in [1.54, 1.807) is 35.4 Å². The Bertz CT molecular complexity index is 1010. The van der Waals surface area contributed by atoms with Gasteiger partial charge in [-0.1, -0.05) is 20.8 Å². The quantitative estimate of drug-likeness (QED) is 0.464. The van der Waals surface area contributed by atoms with Crippen LogP contribution in [0.4, 0.5) is 8.78 Å². The summed E-state index contributed by atoms with van der Waals surface area (Å²) in [6, 6.07) is 12.2. The molecule has 1 aliphatic rings. The number of carbonyl (C=O) groups is 1. The van der Waals surface area contributed by atoms with Crippen LogP contribution in [-0.4, -0.2) is 34.4 Å². The third-order valence-electron chi connectivity index (χ3n) is 5.12. The van der Waals surface area contributed by atoms with Gasteiger partial charge >= 0.3 is 0 Å². The summed E-state index contributed by atoms with van der Waals surface area (Å²) in [4.78, 5) is 22.2. The Labute approximate surface area is 188 Å². The Balaban J connectivity index is 0.000000668. The van der Waals surface area contributed by atoms with Crippen molar-refractivity contribution >= 4 is 6.41 Å². The average molecular weight is 438 g/mol. The third-order valence-corrected chi connectivity index (χ3v) is 5.12. The topological polar surface area (TPSA) is 46.1 Å². The smallest absolute Gasteiger partial charge is 0.209 e. The molecule has 0 atom stereocenters. The minimum Gasteiger partial charge on any atom is -0.345 e. The monoisotopic (exact) mass is 437 g/mol. The number of hydrogen-bond donors (Lipinski definition) is 0. The van der Waals surface area contributed by atoms with Crippen LogP contribution in [0.25, 0.3) is 22.5 Å². The lowest BCUT2D eigenvalue weighted by Crippen LogP contribution is -2.32. The first kappa shape index (κ1) is 23.5. The number of hydrogen-bond acceptors (Lipinski definition) is 3. The second kappa shape index (κ2) is 10.9. The minimum atomic E-state index is -0.322. The maximum Gasteiger partial charge on any atom is 0.209 e. The molecule has 4 rings (SSSR count). The summed E-state index contributed by atoms with van der Waals surface area (Å²) in [5.41, 5.74) is 3.62. The highest BCUT2D eigenvalue weighted by atomic mass is 19.1. The van der Waals surface area contributed by atoms with Gasteiger partial charge in [0.15, 0.2) is 0 Å². The molecule has 0 radical (unpaired) electrons. The Morgan fingerprint density at radius 2 is 1.34 bits per heavy atom. The Kier molecular flexibility index (Phi) is 8.03. The fraction of sp³-hybridized carbons (Fsp3) is 0.346. The highest BCUT2D eigenvalue weighted by Crippen LogP contribution is 2.33.